The van der Waals surface area contributed by atoms with E-state index in [1.54, 1.807) is 12.1 Å². The number of nitrogens with zero attached hydrogens (tertiary/aromatic N) is 4. The zero-order valence-corrected chi connectivity index (χ0v) is 44.2. The fraction of sp³-hybridized carbons (Fsp3) is 0.293. The van der Waals surface area contributed by atoms with E-state index in [2.05, 4.69) is 160 Å². The van der Waals surface area contributed by atoms with Crippen LogP contribution in [0.1, 0.15) is 113 Å². The van der Waals surface area contributed by atoms with Gasteiger partial charge in [-0.2, -0.15) is 0 Å². The van der Waals surface area contributed by atoms with Gasteiger partial charge in [-0.1, -0.05) is 108 Å². The number of hydrogen-bond acceptors (Lipinski definition) is 4. The largest absolute Gasteiger partial charge is 0 e. The van der Waals surface area contributed by atoms with Gasteiger partial charge in [-0.3, -0.25) is 4.98 Å². The molecular formula is C58H62GeIrN4O-2. The van der Waals surface area contributed by atoms with Gasteiger partial charge >= 0.3 is 131 Å². The van der Waals surface area contributed by atoms with Crippen molar-refractivity contribution < 1.29 is 30.0 Å². The van der Waals surface area contributed by atoms with Gasteiger partial charge in [0.2, 0.25) is 0 Å². The molecule has 0 amide bonds. The van der Waals surface area contributed by atoms with E-state index in [4.69, 9.17) is 19.9 Å². The molecule has 0 atom stereocenters. The molecule has 0 aliphatic rings. The molecule has 335 valence electrons. The van der Waals surface area contributed by atoms with E-state index in [1.165, 1.54) is 38.4 Å². The first-order chi connectivity index (χ1) is 31.9. The van der Waals surface area contributed by atoms with Crippen LogP contribution in [0.4, 0.5) is 0 Å². The summed E-state index contributed by atoms with van der Waals surface area (Å²) in [4.78, 5) is 15.0. The first-order valence-corrected chi connectivity index (χ1v) is 29.8. The molecule has 1 radical (unpaired) electrons. The summed E-state index contributed by atoms with van der Waals surface area (Å²) in [7, 11) is 0. The SMILES string of the molecule is CC(C)c1cc(-c2ccccc2)cc(C(C)C)c1-n1c(-c2[c-]ccc3c2oc2ccccc23)nc2nc(C(C)(C)C)ccc21.[2H]C([2H])([2H])c1c[c-]c(-c2cc(C([2H])(C)C)[c]([Ge]([CH3])([CH3])[CH3])cn2)cc1.[Ir]. The van der Waals surface area contributed by atoms with Gasteiger partial charge < -0.3 is 8.98 Å². The van der Waals surface area contributed by atoms with Crippen LogP contribution in [0.3, 0.4) is 0 Å². The van der Waals surface area contributed by atoms with Gasteiger partial charge in [-0.25, -0.2) is 4.98 Å². The van der Waals surface area contributed by atoms with Crippen molar-refractivity contribution >= 4 is 50.8 Å². The van der Waals surface area contributed by atoms with E-state index >= 15 is 0 Å². The first kappa shape index (κ1) is 42.5. The van der Waals surface area contributed by atoms with Crippen molar-refractivity contribution in [3.63, 3.8) is 0 Å². The molecule has 0 spiro atoms. The van der Waals surface area contributed by atoms with E-state index in [0.29, 0.717) is 0 Å². The second-order valence-corrected chi connectivity index (χ2v) is 30.4. The van der Waals surface area contributed by atoms with Gasteiger partial charge in [-0.15, -0.1) is 18.2 Å². The Morgan fingerprint density at radius 2 is 1.43 bits per heavy atom. The molecule has 4 aromatic heterocycles. The van der Waals surface area contributed by atoms with E-state index in [-0.39, 0.29) is 42.9 Å². The van der Waals surface area contributed by atoms with Crippen molar-refractivity contribution in [1.29, 1.82) is 0 Å². The molecule has 0 aliphatic carbocycles. The number of rotatable bonds is 8. The van der Waals surface area contributed by atoms with Crippen LogP contribution in [0.15, 0.2) is 126 Å². The third kappa shape index (κ3) is 9.73. The molecule has 65 heavy (non-hydrogen) atoms. The third-order valence-corrected chi connectivity index (χ3v) is 16.2. The van der Waals surface area contributed by atoms with Crippen molar-refractivity contribution in [2.24, 2.45) is 0 Å². The fourth-order valence-corrected chi connectivity index (χ4v) is 11.8. The molecule has 0 N–H and O–H groups in total. The maximum absolute atomic E-state index is 8.49. The van der Waals surface area contributed by atoms with Crippen LogP contribution in [-0.2, 0) is 25.5 Å². The quantitative estimate of drug-likeness (QED) is 0.112. The maximum atomic E-state index is 8.49. The van der Waals surface area contributed by atoms with E-state index in [0.717, 1.165) is 67.0 Å². The Balaban J connectivity index is 0.000000240. The second kappa shape index (κ2) is 19.0. The van der Waals surface area contributed by atoms with Crippen molar-refractivity contribution in [2.45, 2.75) is 110 Å². The van der Waals surface area contributed by atoms with Crippen molar-refractivity contribution in [2.75, 3.05) is 0 Å². The summed E-state index contributed by atoms with van der Waals surface area (Å²) >= 11 is -2.14. The van der Waals surface area contributed by atoms with Crippen LogP contribution in [0.2, 0.25) is 17.3 Å². The topological polar surface area (TPSA) is 56.7 Å². The Hall–Kier alpha value is -5.14. The summed E-state index contributed by atoms with van der Waals surface area (Å²) in [5.74, 6) is 7.51. The number of imidazole rings is 1. The number of para-hydroxylation sites is 1. The number of hydrogen-bond donors (Lipinski definition) is 0. The molecule has 0 fully saturated rings. The Bertz CT molecular complexity index is 3250. The predicted molar refractivity (Wildman–Crippen MR) is 273 cm³/mol. The normalized spacial score (nSPS) is 13.3. The van der Waals surface area contributed by atoms with Gasteiger partial charge in [0.05, 0.1) is 16.9 Å². The zero-order valence-electron chi connectivity index (χ0n) is 43.7. The monoisotopic (exact) mass is 1100 g/mol. The van der Waals surface area contributed by atoms with Gasteiger partial charge in [0.1, 0.15) is 5.58 Å². The average Bonchev–Trinajstić information content (AvgIpc) is 3.86. The van der Waals surface area contributed by atoms with Gasteiger partial charge in [0.15, 0.2) is 5.65 Å². The molecule has 5 nitrogen and oxygen atoms in total. The average molecular weight is 1100 g/mol. The van der Waals surface area contributed by atoms with E-state index < -0.39 is 26.0 Å². The predicted octanol–water partition coefficient (Wildman–Crippen LogP) is 15.5. The van der Waals surface area contributed by atoms with Crippen LogP contribution >= 0.6 is 0 Å². The zero-order chi connectivity index (χ0) is 49.1. The number of benzene rings is 5. The molecule has 4 heterocycles. The Morgan fingerprint density at radius 1 is 0.738 bits per heavy atom. The minimum Gasteiger partial charge on any atom is 0 e. The number of fused-ring (bicyclic) bond motifs is 4. The molecular weight excluding hydrogens is 1030 g/mol. The van der Waals surface area contributed by atoms with Crippen LogP contribution in [-0.4, -0.2) is 32.8 Å². The van der Waals surface area contributed by atoms with Crippen LogP contribution in [0.5, 0.6) is 0 Å². The molecule has 9 rings (SSSR count). The summed E-state index contributed by atoms with van der Waals surface area (Å²) in [5, 5.41) is 2.15. The maximum Gasteiger partial charge on any atom is 0 e. The Labute approximate surface area is 408 Å². The third-order valence-electron chi connectivity index (χ3n) is 11.9. The van der Waals surface area contributed by atoms with Crippen molar-refractivity contribution in [3.05, 3.63) is 162 Å². The van der Waals surface area contributed by atoms with E-state index in [9.17, 15) is 0 Å². The Kier molecular flexibility index (Phi) is 12.4. The minimum absolute atomic E-state index is 0. The molecule has 0 saturated heterocycles. The molecule has 0 unspecified atom stereocenters. The van der Waals surface area contributed by atoms with Crippen molar-refractivity contribution in [3.8, 4) is 39.5 Å². The van der Waals surface area contributed by atoms with Gasteiger partial charge in [0, 0.05) is 42.3 Å². The number of furan rings is 1. The summed E-state index contributed by atoms with van der Waals surface area (Å²) in [5.41, 5.74) is 14.0. The summed E-state index contributed by atoms with van der Waals surface area (Å²) in [6.07, 6.45) is 1.91. The molecule has 0 saturated carbocycles. The van der Waals surface area contributed by atoms with Gasteiger partial charge in [-0.05, 0) is 64.4 Å². The standard InChI is InChI=1S/C40H38N3O.C18H24GeN.Ir/c1-24(2)31-22-27(26-14-9-8-10-15-26)23-32(25(3)4)36(31)43-33-20-21-35(40(5,6)7)41-38(33)42-39(43)30-18-13-17-29-28-16-11-12-19-34(28)44-37(29)30;1-13(2)16-11-18(15-9-7-14(3)8-10-15)20-12-17(16)19(4,5)6;/h8-17,19-25H,1-7H3;7-9,11-13H,1-6H3;/q2*-1;/i;3D3,13D;. The van der Waals surface area contributed by atoms with Crippen LogP contribution in [0.25, 0.3) is 72.6 Å². The van der Waals surface area contributed by atoms with Gasteiger partial charge in [0.25, 0.3) is 0 Å². The number of pyridine rings is 2. The molecule has 5 aromatic carbocycles. The molecule has 7 heteroatoms. The smallest absolute Gasteiger partial charge is 0 e. The second-order valence-electron chi connectivity index (χ2n) is 19.8. The van der Waals surface area contributed by atoms with Crippen molar-refractivity contribution in [1.82, 2.24) is 19.5 Å². The molecule has 0 bridgehead atoms. The van der Waals surface area contributed by atoms with Crippen LogP contribution < -0.4 is 4.40 Å². The number of aryl methyl sites for hydroxylation is 1. The first-order valence-electron chi connectivity index (χ1n) is 24.4. The fourth-order valence-electron chi connectivity index (χ4n) is 8.44. The summed E-state index contributed by atoms with van der Waals surface area (Å²) < 4.78 is 40.9. The van der Waals surface area contributed by atoms with Crippen LogP contribution in [0, 0.1) is 19.0 Å². The molecule has 0 aliphatic heterocycles. The Morgan fingerprint density at radius 3 is 2.05 bits per heavy atom. The van der Waals surface area contributed by atoms with E-state index in [1.807, 2.05) is 44.3 Å². The minimum atomic E-state index is -2.14. The summed E-state index contributed by atoms with van der Waals surface area (Å²) in [6, 6.07) is 45.4. The summed E-state index contributed by atoms with van der Waals surface area (Å²) in [6.45, 7) is 17.3. The number of aromatic nitrogens is 4. The molecule has 9 aromatic rings.